The van der Waals surface area contributed by atoms with Crippen LogP contribution in [0.1, 0.15) is 21.9 Å². The summed E-state index contributed by atoms with van der Waals surface area (Å²) >= 11 is 1.81. The van der Waals surface area contributed by atoms with E-state index in [4.69, 9.17) is 4.52 Å². The predicted octanol–water partition coefficient (Wildman–Crippen LogP) is 2.69. The first kappa shape index (κ1) is 11.4. The molecule has 0 saturated heterocycles. The van der Waals surface area contributed by atoms with Crippen LogP contribution >= 0.6 is 11.3 Å². The van der Waals surface area contributed by atoms with Crippen molar-refractivity contribution in [3.05, 3.63) is 39.4 Å². The normalized spacial score (nSPS) is 10.9. The van der Waals surface area contributed by atoms with Gasteiger partial charge in [-0.2, -0.15) is 0 Å². The maximum Gasteiger partial charge on any atom is 0.138 e. The summed E-state index contributed by atoms with van der Waals surface area (Å²) in [6, 6.07) is 4.26. The van der Waals surface area contributed by atoms with Gasteiger partial charge in [0.1, 0.15) is 5.76 Å². The van der Waals surface area contributed by atoms with Gasteiger partial charge in [-0.3, -0.25) is 0 Å². The molecule has 0 aliphatic heterocycles. The second kappa shape index (κ2) is 5.27. The molecule has 0 spiro atoms. The molecule has 0 atom stereocenters. The van der Waals surface area contributed by atoms with Gasteiger partial charge in [0.2, 0.25) is 0 Å². The van der Waals surface area contributed by atoms with Gasteiger partial charge in [-0.1, -0.05) is 11.2 Å². The van der Waals surface area contributed by atoms with Crippen molar-refractivity contribution < 1.29 is 4.52 Å². The van der Waals surface area contributed by atoms with E-state index in [-0.39, 0.29) is 0 Å². The summed E-state index contributed by atoms with van der Waals surface area (Å²) in [5, 5.41) is 9.46. The molecule has 0 saturated carbocycles. The lowest BCUT2D eigenvalue weighted by molar-refractivity contribution is 0.392. The highest BCUT2D eigenvalue weighted by molar-refractivity contribution is 7.09. The summed E-state index contributed by atoms with van der Waals surface area (Å²) in [5.41, 5.74) is 2.17. The van der Waals surface area contributed by atoms with Crippen LogP contribution in [-0.4, -0.2) is 11.7 Å². The van der Waals surface area contributed by atoms with E-state index in [1.54, 1.807) is 11.3 Å². The molecule has 0 bridgehead atoms. The Labute approximate surface area is 99.5 Å². The van der Waals surface area contributed by atoms with E-state index in [1.807, 2.05) is 13.8 Å². The zero-order chi connectivity index (χ0) is 11.4. The smallest absolute Gasteiger partial charge is 0.138 e. The molecule has 2 rings (SSSR count). The van der Waals surface area contributed by atoms with E-state index < -0.39 is 0 Å². The number of aromatic nitrogens is 1. The summed E-state index contributed by atoms with van der Waals surface area (Å²) in [7, 11) is 0. The second-order valence-corrected chi connectivity index (χ2v) is 4.84. The van der Waals surface area contributed by atoms with Crippen LogP contribution in [0.2, 0.25) is 0 Å². The number of hydrogen-bond acceptors (Lipinski definition) is 4. The lowest BCUT2D eigenvalue weighted by Crippen LogP contribution is -2.17. The van der Waals surface area contributed by atoms with Crippen LogP contribution in [0.25, 0.3) is 0 Å². The Balaban J connectivity index is 1.76. The monoisotopic (exact) mass is 236 g/mol. The number of aryl methyl sites for hydroxylation is 2. The third kappa shape index (κ3) is 2.71. The fraction of sp³-hybridized carbons (Fsp3) is 0.417. The number of thiophene rings is 1. The van der Waals surface area contributed by atoms with Crippen LogP contribution < -0.4 is 5.32 Å². The number of nitrogens with one attached hydrogen (secondary N) is 1. The summed E-state index contributed by atoms with van der Waals surface area (Å²) < 4.78 is 5.11. The maximum absolute atomic E-state index is 5.11. The van der Waals surface area contributed by atoms with Gasteiger partial charge in [0.15, 0.2) is 0 Å². The number of nitrogens with zero attached hydrogens (tertiary/aromatic N) is 1. The molecule has 0 unspecified atom stereocenters. The van der Waals surface area contributed by atoms with E-state index in [1.165, 1.54) is 10.4 Å². The molecule has 2 aromatic rings. The van der Waals surface area contributed by atoms with Crippen molar-refractivity contribution in [2.45, 2.75) is 26.8 Å². The van der Waals surface area contributed by atoms with Gasteiger partial charge >= 0.3 is 0 Å². The van der Waals surface area contributed by atoms with Gasteiger partial charge in [-0.15, -0.1) is 11.3 Å². The zero-order valence-electron chi connectivity index (χ0n) is 9.62. The summed E-state index contributed by atoms with van der Waals surface area (Å²) in [4.78, 5) is 1.42. The SMILES string of the molecule is Cc1noc(C)c1CNCCc1cccs1. The summed E-state index contributed by atoms with van der Waals surface area (Å²) in [6.07, 6.45) is 1.08. The molecule has 3 nitrogen and oxygen atoms in total. The fourth-order valence-electron chi connectivity index (χ4n) is 1.63. The molecule has 0 aromatic carbocycles. The molecule has 1 N–H and O–H groups in total. The molecule has 2 heterocycles. The van der Waals surface area contributed by atoms with Gasteiger partial charge in [-0.05, 0) is 31.7 Å². The van der Waals surface area contributed by atoms with Gasteiger partial charge in [0.25, 0.3) is 0 Å². The van der Waals surface area contributed by atoms with E-state index in [2.05, 4.69) is 28.0 Å². The first-order valence-corrected chi connectivity index (χ1v) is 6.30. The summed E-state index contributed by atoms with van der Waals surface area (Å²) in [5.74, 6) is 0.918. The van der Waals surface area contributed by atoms with Crippen molar-refractivity contribution >= 4 is 11.3 Å². The summed E-state index contributed by atoms with van der Waals surface area (Å²) in [6.45, 7) is 5.76. The Morgan fingerprint density at radius 2 is 2.31 bits per heavy atom. The van der Waals surface area contributed by atoms with Gasteiger partial charge in [0, 0.05) is 23.5 Å². The van der Waals surface area contributed by atoms with Crippen molar-refractivity contribution in [1.82, 2.24) is 10.5 Å². The van der Waals surface area contributed by atoms with E-state index >= 15 is 0 Å². The Morgan fingerprint density at radius 3 is 2.94 bits per heavy atom. The average Bonchev–Trinajstić information content (AvgIpc) is 2.87. The fourth-order valence-corrected chi connectivity index (χ4v) is 2.34. The van der Waals surface area contributed by atoms with E-state index in [0.29, 0.717) is 0 Å². The van der Waals surface area contributed by atoms with Crippen molar-refractivity contribution in [2.75, 3.05) is 6.54 Å². The van der Waals surface area contributed by atoms with Crippen LogP contribution in [0.3, 0.4) is 0 Å². The van der Waals surface area contributed by atoms with Crippen molar-refractivity contribution in [1.29, 1.82) is 0 Å². The first-order chi connectivity index (χ1) is 7.77. The minimum Gasteiger partial charge on any atom is -0.361 e. The zero-order valence-corrected chi connectivity index (χ0v) is 10.4. The highest BCUT2D eigenvalue weighted by Gasteiger charge is 2.07. The lowest BCUT2D eigenvalue weighted by atomic mass is 10.2. The average molecular weight is 236 g/mol. The Hall–Kier alpha value is -1.13. The minimum absolute atomic E-state index is 0.840. The molecule has 4 heteroatoms. The molecule has 86 valence electrons. The second-order valence-electron chi connectivity index (χ2n) is 3.81. The minimum atomic E-state index is 0.840. The molecular formula is C12H16N2OS. The van der Waals surface area contributed by atoms with Gasteiger partial charge in [0.05, 0.1) is 5.69 Å². The Morgan fingerprint density at radius 1 is 1.44 bits per heavy atom. The van der Waals surface area contributed by atoms with Gasteiger partial charge in [-0.25, -0.2) is 0 Å². The predicted molar refractivity (Wildman–Crippen MR) is 65.7 cm³/mol. The largest absolute Gasteiger partial charge is 0.361 e. The molecule has 16 heavy (non-hydrogen) atoms. The highest BCUT2D eigenvalue weighted by Crippen LogP contribution is 2.12. The first-order valence-electron chi connectivity index (χ1n) is 5.42. The highest BCUT2D eigenvalue weighted by atomic mass is 32.1. The van der Waals surface area contributed by atoms with Crippen molar-refractivity contribution in [2.24, 2.45) is 0 Å². The van der Waals surface area contributed by atoms with Crippen LogP contribution in [0, 0.1) is 13.8 Å². The lowest BCUT2D eigenvalue weighted by Gasteiger charge is -2.02. The molecule has 0 aliphatic rings. The van der Waals surface area contributed by atoms with Gasteiger partial charge < -0.3 is 9.84 Å². The quantitative estimate of drug-likeness (QED) is 0.811. The third-order valence-electron chi connectivity index (χ3n) is 2.61. The van der Waals surface area contributed by atoms with Crippen LogP contribution in [0.15, 0.2) is 22.0 Å². The Bertz CT molecular complexity index is 414. The molecule has 0 amide bonds. The number of rotatable bonds is 5. The molecule has 0 aliphatic carbocycles. The van der Waals surface area contributed by atoms with Crippen molar-refractivity contribution in [3.8, 4) is 0 Å². The Kier molecular flexibility index (Phi) is 3.74. The van der Waals surface area contributed by atoms with E-state index in [9.17, 15) is 0 Å². The van der Waals surface area contributed by atoms with Crippen molar-refractivity contribution in [3.63, 3.8) is 0 Å². The maximum atomic E-state index is 5.11. The standard InChI is InChI=1S/C12H16N2OS/c1-9-12(10(2)15-14-9)8-13-6-5-11-4-3-7-16-11/h3-4,7,13H,5-6,8H2,1-2H3. The van der Waals surface area contributed by atoms with Crippen LogP contribution in [0.4, 0.5) is 0 Å². The third-order valence-corrected chi connectivity index (χ3v) is 3.55. The molecule has 0 radical (unpaired) electrons. The van der Waals surface area contributed by atoms with Crippen LogP contribution in [-0.2, 0) is 13.0 Å². The molecule has 0 fully saturated rings. The van der Waals surface area contributed by atoms with Crippen LogP contribution in [0.5, 0.6) is 0 Å². The number of hydrogen-bond donors (Lipinski definition) is 1. The topological polar surface area (TPSA) is 38.1 Å². The molecular weight excluding hydrogens is 220 g/mol. The van der Waals surface area contributed by atoms with E-state index in [0.717, 1.165) is 31.0 Å². The molecule has 2 aromatic heterocycles.